The third-order valence-electron chi connectivity index (χ3n) is 3.40. The maximum atomic E-state index is 13.2. The Bertz CT molecular complexity index is 997. The molecular weight excluding hydrogens is 359 g/mol. The van der Waals surface area contributed by atoms with E-state index < -0.39 is 11.8 Å². The summed E-state index contributed by atoms with van der Waals surface area (Å²) in [6, 6.07) is 4.44. The van der Waals surface area contributed by atoms with Gasteiger partial charge in [0.25, 0.3) is 0 Å². The highest BCUT2D eigenvalue weighted by Crippen LogP contribution is 2.30. The van der Waals surface area contributed by atoms with Gasteiger partial charge in [-0.2, -0.15) is 0 Å². The molecule has 3 rings (SSSR count). The third-order valence-corrected chi connectivity index (χ3v) is 5.17. The molecule has 4 nitrogen and oxygen atoms in total. The van der Waals surface area contributed by atoms with Gasteiger partial charge in [0, 0.05) is 11.8 Å². The number of thiophene rings is 1. The van der Waals surface area contributed by atoms with Crippen LogP contribution in [0, 0.1) is 17.4 Å². The fraction of sp³-hybridized carbons (Fsp3) is 0.133. The molecule has 0 atom stereocenters. The number of aryl methyl sites for hydroxylation is 1. The number of aromatic carboxylic acids is 1. The summed E-state index contributed by atoms with van der Waals surface area (Å²) in [5.74, 6) is -0.901. The highest BCUT2D eigenvalue weighted by Gasteiger charge is 2.17. The molecule has 8 heteroatoms. The number of halogens is 2. The summed E-state index contributed by atoms with van der Waals surface area (Å²) in [7, 11) is 0. The highest BCUT2D eigenvalue weighted by atomic mass is 35.5. The molecule has 3 aromatic rings. The van der Waals surface area contributed by atoms with Crippen molar-refractivity contribution in [3.8, 4) is 0 Å². The Hall–Kier alpha value is -1.83. The zero-order valence-corrected chi connectivity index (χ0v) is 14.2. The Morgan fingerprint density at radius 3 is 2.91 bits per heavy atom. The predicted molar refractivity (Wildman–Crippen MR) is 90.7 cm³/mol. The first kappa shape index (κ1) is 16.0. The van der Waals surface area contributed by atoms with E-state index in [1.807, 2.05) is 0 Å². The van der Waals surface area contributed by atoms with Crippen molar-refractivity contribution < 1.29 is 14.3 Å². The van der Waals surface area contributed by atoms with E-state index in [2.05, 4.69) is 9.97 Å². The lowest BCUT2D eigenvalue weighted by molar-refractivity contribution is 0.0701. The van der Waals surface area contributed by atoms with Crippen LogP contribution in [0.3, 0.4) is 0 Å². The summed E-state index contributed by atoms with van der Waals surface area (Å²) in [5, 5.41) is 9.91. The second-order valence-corrected chi connectivity index (χ2v) is 6.79. The molecule has 2 aromatic heterocycles. The standard InChI is InChI=1S/C15H10ClFN2O2S2/c1-6-11-13(22)18-10(19-14(11)23-12(6)15(20)21)5-7-2-3-9(17)8(16)4-7/h2-4H,5H2,1H3,(H,20,21)(H,18,19,22). The van der Waals surface area contributed by atoms with Crippen molar-refractivity contribution in [3.63, 3.8) is 0 Å². The number of carboxylic acids is 1. The molecule has 0 radical (unpaired) electrons. The van der Waals surface area contributed by atoms with Gasteiger partial charge in [-0.25, -0.2) is 14.2 Å². The van der Waals surface area contributed by atoms with Crippen LogP contribution in [0.15, 0.2) is 18.2 Å². The first-order chi connectivity index (χ1) is 10.9. The van der Waals surface area contributed by atoms with E-state index in [0.717, 1.165) is 16.9 Å². The van der Waals surface area contributed by atoms with Crippen LogP contribution in [0.5, 0.6) is 0 Å². The Morgan fingerprint density at radius 1 is 1.52 bits per heavy atom. The molecule has 1 aromatic carbocycles. The molecule has 0 bridgehead atoms. The minimum Gasteiger partial charge on any atom is -0.477 e. The molecule has 2 heterocycles. The number of rotatable bonds is 3. The van der Waals surface area contributed by atoms with Gasteiger partial charge in [-0.3, -0.25) is 0 Å². The highest BCUT2D eigenvalue weighted by molar-refractivity contribution is 7.71. The Labute approximate surface area is 144 Å². The van der Waals surface area contributed by atoms with Crippen LogP contribution >= 0.6 is 35.2 Å². The average Bonchev–Trinajstić information content (AvgIpc) is 2.80. The van der Waals surface area contributed by atoms with Crippen LogP contribution in [-0.4, -0.2) is 21.0 Å². The summed E-state index contributed by atoms with van der Waals surface area (Å²) in [5.41, 5.74) is 1.39. The molecule has 0 aliphatic rings. The van der Waals surface area contributed by atoms with Crippen molar-refractivity contribution in [2.24, 2.45) is 0 Å². The Kier molecular flexibility index (Phi) is 4.18. The lowest BCUT2D eigenvalue weighted by Gasteiger charge is -2.04. The van der Waals surface area contributed by atoms with Gasteiger partial charge in [0.15, 0.2) is 0 Å². The number of nitrogens with one attached hydrogen (secondary N) is 1. The number of hydrogen-bond acceptors (Lipinski definition) is 4. The predicted octanol–water partition coefficient (Wildman–Crippen LogP) is 4.74. The van der Waals surface area contributed by atoms with Gasteiger partial charge in [-0.05, 0) is 30.2 Å². The molecule has 0 amide bonds. The van der Waals surface area contributed by atoms with E-state index >= 15 is 0 Å². The van der Waals surface area contributed by atoms with Gasteiger partial charge in [-0.15, -0.1) is 11.3 Å². The minimum atomic E-state index is -0.994. The SMILES string of the molecule is Cc1c(C(=O)O)sc2nc(Cc3ccc(F)c(Cl)c3)[nH]c(=S)c12. The molecule has 0 aliphatic heterocycles. The van der Waals surface area contributed by atoms with Crippen molar-refractivity contribution >= 4 is 51.3 Å². The normalized spacial score (nSPS) is 11.1. The number of nitrogens with zero attached hydrogens (tertiary/aromatic N) is 1. The van der Waals surface area contributed by atoms with Crippen molar-refractivity contribution in [1.82, 2.24) is 9.97 Å². The summed E-state index contributed by atoms with van der Waals surface area (Å²) in [6.45, 7) is 1.72. The molecule has 0 aliphatic carbocycles. The van der Waals surface area contributed by atoms with Gasteiger partial charge in [0.1, 0.15) is 26.0 Å². The van der Waals surface area contributed by atoms with Crippen molar-refractivity contribution in [1.29, 1.82) is 0 Å². The van der Waals surface area contributed by atoms with Gasteiger partial charge < -0.3 is 10.1 Å². The average molecular weight is 369 g/mol. The van der Waals surface area contributed by atoms with Gasteiger partial charge in [0.05, 0.1) is 5.02 Å². The summed E-state index contributed by atoms with van der Waals surface area (Å²) >= 11 is 12.2. The van der Waals surface area contributed by atoms with Crippen LogP contribution in [0.25, 0.3) is 10.2 Å². The molecule has 0 saturated heterocycles. The van der Waals surface area contributed by atoms with Crippen LogP contribution in [0.2, 0.25) is 5.02 Å². The fourth-order valence-electron chi connectivity index (χ4n) is 2.32. The number of carbonyl (C=O) groups is 1. The Balaban J connectivity index is 2.07. The van der Waals surface area contributed by atoms with E-state index in [0.29, 0.717) is 32.7 Å². The fourth-order valence-corrected chi connectivity index (χ4v) is 4.00. The van der Waals surface area contributed by atoms with Gasteiger partial charge in [-0.1, -0.05) is 29.9 Å². The maximum Gasteiger partial charge on any atom is 0.346 e. The number of H-pyrrole nitrogens is 1. The summed E-state index contributed by atoms with van der Waals surface area (Å²) in [4.78, 5) is 19.5. The summed E-state index contributed by atoms with van der Waals surface area (Å²) in [6.07, 6.45) is 0.388. The number of aromatic nitrogens is 2. The molecule has 0 unspecified atom stereocenters. The maximum absolute atomic E-state index is 13.2. The van der Waals surface area contributed by atoms with Crippen LogP contribution in [0.4, 0.5) is 4.39 Å². The van der Waals surface area contributed by atoms with E-state index in [1.54, 1.807) is 13.0 Å². The summed E-state index contributed by atoms with van der Waals surface area (Å²) < 4.78 is 13.7. The van der Waals surface area contributed by atoms with Crippen LogP contribution < -0.4 is 0 Å². The van der Waals surface area contributed by atoms with E-state index in [-0.39, 0.29) is 9.90 Å². The molecule has 0 spiro atoms. The topological polar surface area (TPSA) is 66.0 Å². The second-order valence-electron chi connectivity index (χ2n) is 4.98. The monoisotopic (exact) mass is 368 g/mol. The largest absolute Gasteiger partial charge is 0.477 e. The molecule has 2 N–H and O–H groups in total. The zero-order valence-electron chi connectivity index (χ0n) is 11.8. The number of aromatic amines is 1. The first-order valence-corrected chi connectivity index (χ1v) is 8.16. The number of carboxylic acid groups (broad SMARTS) is 1. The van der Waals surface area contributed by atoms with Crippen molar-refractivity contribution in [3.05, 3.63) is 55.5 Å². The number of benzene rings is 1. The smallest absolute Gasteiger partial charge is 0.346 e. The van der Waals surface area contributed by atoms with Crippen molar-refractivity contribution in [2.75, 3.05) is 0 Å². The second kappa shape index (κ2) is 5.99. The quantitative estimate of drug-likeness (QED) is 0.655. The van der Waals surface area contributed by atoms with Crippen LogP contribution in [0.1, 0.15) is 26.6 Å². The number of fused-ring (bicyclic) bond motifs is 1. The lowest BCUT2D eigenvalue weighted by Crippen LogP contribution is -1.98. The molecule has 118 valence electrons. The molecule has 0 fully saturated rings. The van der Waals surface area contributed by atoms with Crippen molar-refractivity contribution in [2.45, 2.75) is 13.3 Å². The van der Waals surface area contributed by atoms with E-state index in [4.69, 9.17) is 23.8 Å². The Morgan fingerprint density at radius 2 is 2.26 bits per heavy atom. The molecule has 23 heavy (non-hydrogen) atoms. The number of hydrogen-bond donors (Lipinski definition) is 2. The first-order valence-electron chi connectivity index (χ1n) is 6.56. The van der Waals surface area contributed by atoms with E-state index in [9.17, 15) is 14.3 Å². The third kappa shape index (κ3) is 2.99. The lowest BCUT2D eigenvalue weighted by atomic mass is 10.1. The van der Waals surface area contributed by atoms with Gasteiger partial charge in [0.2, 0.25) is 0 Å². The minimum absolute atomic E-state index is 0.0438. The molecular formula is C15H10ClFN2O2S2. The van der Waals surface area contributed by atoms with Gasteiger partial charge >= 0.3 is 5.97 Å². The van der Waals surface area contributed by atoms with Crippen LogP contribution in [-0.2, 0) is 6.42 Å². The zero-order chi connectivity index (χ0) is 16.7. The molecule has 0 saturated carbocycles. The van der Waals surface area contributed by atoms with E-state index in [1.165, 1.54) is 12.1 Å².